The summed E-state index contributed by atoms with van der Waals surface area (Å²) in [7, 11) is 0. The minimum Gasteiger partial charge on any atom is -0.385 e. The van der Waals surface area contributed by atoms with Gasteiger partial charge in [-0.2, -0.15) is 0 Å². The van der Waals surface area contributed by atoms with E-state index in [0.717, 1.165) is 25.0 Å². The molecule has 1 aromatic heterocycles. The zero-order chi connectivity index (χ0) is 6.27. The first kappa shape index (κ1) is 5.11. The average molecular weight is 128 g/mol. The van der Waals surface area contributed by atoms with Crippen LogP contribution >= 0.6 is 0 Å². The second kappa shape index (κ2) is 1.64. The van der Waals surface area contributed by atoms with E-state index in [1.807, 2.05) is 0 Å². The Bertz CT molecular complexity index is 198. The SMILES string of the molecule is OC1CCCc2ooc21. The molecule has 0 saturated heterocycles. The van der Waals surface area contributed by atoms with Crippen LogP contribution in [-0.4, -0.2) is 5.11 Å². The Hall–Kier alpha value is -0.700. The van der Waals surface area contributed by atoms with Gasteiger partial charge in [-0.3, -0.25) is 9.15 Å². The molecule has 1 N–H and O–H groups in total. The van der Waals surface area contributed by atoms with Crippen molar-refractivity contribution < 1.29 is 14.3 Å². The molecule has 1 unspecified atom stereocenters. The number of aryl methyl sites for hydroxylation is 1. The van der Waals surface area contributed by atoms with E-state index in [0.29, 0.717) is 5.76 Å². The zero-order valence-electron chi connectivity index (χ0n) is 4.96. The third kappa shape index (κ3) is 0.612. The monoisotopic (exact) mass is 128 g/mol. The van der Waals surface area contributed by atoms with E-state index >= 15 is 0 Å². The van der Waals surface area contributed by atoms with E-state index in [4.69, 9.17) is 5.11 Å². The maximum absolute atomic E-state index is 9.14. The van der Waals surface area contributed by atoms with Crippen LogP contribution < -0.4 is 0 Å². The molecule has 0 saturated carbocycles. The molecule has 0 aromatic carbocycles. The fraction of sp³-hybridized carbons (Fsp3) is 0.667. The summed E-state index contributed by atoms with van der Waals surface area (Å²) in [6, 6.07) is 0. The van der Waals surface area contributed by atoms with E-state index in [-0.39, 0.29) is 0 Å². The normalized spacial score (nSPS) is 26.1. The molecule has 0 bridgehead atoms. The summed E-state index contributed by atoms with van der Waals surface area (Å²) >= 11 is 0. The van der Waals surface area contributed by atoms with Crippen LogP contribution in [0.3, 0.4) is 0 Å². The van der Waals surface area contributed by atoms with Gasteiger partial charge < -0.3 is 5.11 Å². The van der Waals surface area contributed by atoms with Crippen molar-refractivity contribution in [1.82, 2.24) is 0 Å². The summed E-state index contributed by atoms with van der Waals surface area (Å²) < 4.78 is 9.20. The summed E-state index contributed by atoms with van der Waals surface area (Å²) in [6.07, 6.45) is 2.33. The molecule has 0 aliphatic heterocycles. The second-order valence-electron chi connectivity index (χ2n) is 2.36. The highest BCUT2D eigenvalue weighted by atomic mass is 17.0. The smallest absolute Gasteiger partial charge is 0.226 e. The Morgan fingerprint density at radius 3 is 2.78 bits per heavy atom. The maximum atomic E-state index is 9.14. The van der Waals surface area contributed by atoms with Crippen LogP contribution in [0.4, 0.5) is 0 Å². The minimum absolute atomic E-state index is 0.400. The van der Waals surface area contributed by atoms with Gasteiger partial charge in [0.05, 0.1) is 0 Å². The maximum Gasteiger partial charge on any atom is 0.226 e. The number of aliphatic hydroxyl groups is 1. The van der Waals surface area contributed by atoms with Gasteiger partial charge in [0.2, 0.25) is 11.5 Å². The van der Waals surface area contributed by atoms with Gasteiger partial charge in [-0.05, 0) is 12.8 Å². The van der Waals surface area contributed by atoms with Crippen molar-refractivity contribution in [2.75, 3.05) is 0 Å². The predicted octanol–water partition coefficient (Wildman–Crippen LogP) is 1.24. The molecule has 1 aromatic rings. The van der Waals surface area contributed by atoms with E-state index in [1.165, 1.54) is 0 Å². The first-order chi connectivity index (χ1) is 4.38. The van der Waals surface area contributed by atoms with Gasteiger partial charge in [-0.1, -0.05) is 0 Å². The first-order valence-corrected chi connectivity index (χ1v) is 3.13. The third-order valence-corrected chi connectivity index (χ3v) is 1.69. The van der Waals surface area contributed by atoms with Gasteiger partial charge in [0, 0.05) is 6.42 Å². The van der Waals surface area contributed by atoms with Gasteiger partial charge >= 0.3 is 0 Å². The number of rotatable bonds is 0. The average Bonchev–Trinajstić information content (AvgIpc) is 1.74. The molecule has 9 heavy (non-hydrogen) atoms. The second-order valence-corrected chi connectivity index (χ2v) is 2.36. The lowest BCUT2D eigenvalue weighted by Gasteiger charge is -2.17. The molecule has 1 heterocycles. The fourth-order valence-corrected chi connectivity index (χ4v) is 1.14. The molecular weight excluding hydrogens is 120 g/mol. The quantitative estimate of drug-likeness (QED) is 0.535. The van der Waals surface area contributed by atoms with Crippen LogP contribution in [0.1, 0.15) is 30.5 Å². The summed E-state index contributed by atoms with van der Waals surface area (Å²) in [5, 5.41) is 9.14. The first-order valence-electron chi connectivity index (χ1n) is 3.13. The molecule has 1 aliphatic carbocycles. The number of hydrogen-bond donors (Lipinski definition) is 1. The molecule has 0 amide bonds. The van der Waals surface area contributed by atoms with Gasteiger partial charge in [0.25, 0.3) is 0 Å². The van der Waals surface area contributed by atoms with Crippen molar-refractivity contribution in [1.29, 1.82) is 0 Å². The van der Waals surface area contributed by atoms with Crippen molar-refractivity contribution >= 4 is 0 Å². The van der Waals surface area contributed by atoms with Crippen molar-refractivity contribution in [3.05, 3.63) is 11.5 Å². The highest BCUT2D eigenvalue weighted by molar-refractivity contribution is 5.09. The molecule has 1 atom stereocenters. The summed E-state index contributed by atoms with van der Waals surface area (Å²) in [5.41, 5.74) is 0. The van der Waals surface area contributed by atoms with E-state index in [2.05, 4.69) is 9.15 Å². The van der Waals surface area contributed by atoms with Crippen LogP contribution in [0.5, 0.6) is 0 Å². The molecule has 50 valence electrons. The van der Waals surface area contributed by atoms with E-state index in [1.54, 1.807) is 0 Å². The molecule has 2 rings (SSSR count). The van der Waals surface area contributed by atoms with Gasteiger partial charge in [0.15, 0.2) is 0 Å². The fourth-order valence-electron chi connectivity index (χ4n) is 1.14. The lowest BCUT2D eigenvalue weighted by molar-refractivity contribution is -0.0743. The largest absolute Gasteiger partial charge is 0.385 e. The van der Waals surface area contributed by atoms with Crippen LogP contribution in [0.25, 0.3) is 0 Å². The Labute approximate surface area is 52.2 Å². The Morgan fingerprint density at radius 1 is 1.44 bits per heavy atom. The standard InChI is InChI=1S/C6H8O3/c7-4-2-1-3-5-6(4)9-8-5/h4,7H,1-3H2. The zero-order valence-corrected chi connectivity index (χ0v) is 4.96. The molecule has 1 aliphatic rings. The van der Waals surface area contributed by atoms with Crippen molar-refractivity contribution in [3.63, 3.8) is 0 Å². The topological polar surface area (TPSA) is 46.5 Å². The van der Waals surface area contributed by atoms with Crippen LogP contribution in [-0.2, 0) is 6.42 Å². The number of aliphatic hydroxyl groups excluding tert-OH is 1. The molecule has 0 radical (unpaired) electrons. The summed E-state index contributed by atoms with van der Waals surface area (Å²) in [4.78, 5) is 0. The molecule has 3 nitrogen and oxygen atoms in total. The van der Waals surface area contributed by atoms with Crippen molar-refractivity contribution in [2.24, 2.45) is 0 Å². The minimum atomic E-state index is -0.400. The van der Waals surface area contributed by atoms with Crippen LogP contribution in [0.2, 0.25) is 0 Å². The van der Waals surface area contributed by atoms with Gasteiger partial charge in [-0.15, -0.1) is 0 Å². The lowest BCUT2D eigenvalue weighted by atomic mass is 10.00. The van der Waals surface area contributed by atoms with Crippen LogP contribution in [0, 0.1) is 0 Å². The summed E-state index contributed by atoms with van der Waals surface area (Å²) in [5.74, 6) is 1.50. The predicted molar refractivity (Wildman–Crippen MR) is 28.9 cm³/mol. The van der Waals surface area contributed by atoms with E-state index in [9.17, 15) is 0 Å². The van der Waals surface area contributed by atoms with Crippen molar-refractivity contribution in [2.45, 2.75) is 25.4 Å². The lowest BCUT2D eigenvalue weighted by Crippen LogP contribution is -2.11. The molecule has 3 heteroatoms. The van der Waals surface area contributed by atoms with E-state index < -0.39 is 6.10 Å². The number of fused-ring (bicyclic) bond motifs is 1. The molecular formula is C6H8O3. The van der Waals surface area contributed by atoms with Crippen LogP contribution in [0.15, 0.2) is 9.15 Å². The molecule has 0 spiro atoms. The highest BCUT2D eigenvalue weighted by Crippen LogP contribution is 2.31. The Morgan fingerprint density at radius 2 is 2.33 bits per heavy atom. The third-order valence-electron chi connectivity index (χ3n) is 1.69. The van der Waals surface area contributed by atoms with Gasteiger partial charge in [-0.25, -0.2) is 0 Å². The van der Waals surface area contributed by atoms with Gasteiger partial charge in [0.1, 0.15) is 6.10 Å². The highest BCUT2D eigenvalue weighted by Gasteiger charge is 2.27. The number of hydrogen-bond acceptors (Lipinski definition) is 3. The Kier molecular flexibility index (Phi) is 0.931. The molecule has 0 fully saturated rings. The summed E-state index contributed by atoms with van der Waals surface area (Å²) in [6.45, 7) is 0. The van der Waals surface area contributed by atoms with Crippen molar-refractivity contribution in [3.8, 4) is 0 Å². The Balaban J connectivity index is 2.28.